The molecule has 16 heavy (non-hydrogen) atoms. The molecule has 0 aliphatic heterocycles. The number of rotatable bonds is 7. The molecule has 0 radical (unpaired) electrons. The van der Waals surface area contributed by atoms with Crippen LogP contribution in [0.15, 0.2) is 5.16 Å². The second-order valence-electron chi connectivity index (χ2n) is 3.84. The highest BCUT2D eigenvalue weighted by molar-refractivity contribution is 7.99. The lowest BCUT2D eigenvalue weighted by Crippen LogP contribution is -2.08. The van der Waals surface area contributed by atoms with Crippen LogP contribution >= 0.6 is 11.8 Å². The van der Waals surface area contributed by atoms with Crippen LogP contribution < -0.4 is 5.73 Å². The third-order valence-corrected chi connectivity index (χ3v) is 4.09. The van der Waals surface area contributed by atoms with Crippen LogP contribution in [-0.2, 0) is 13.1 Å². The lowest BCUT2D eigenvalue weighted by molar-refractivity contribution is 0.551. The van der Waals surface area contributed by atoms with Crippen molar-refractivity contribution < 1.29 is 0 Å². The molecule has 0 fully saturated rings. The van der Waals surface area contributed by atoms with Gasteiger partial charge in [-0.3, -0.25) is 0 Å². The second kappa shape index (κ2) is 6.91. The van der Waals surface area contributed by atoms with Crippen LogP contribution in [-0.4, -0.2) is 20.5 Å². The molecule has 0 saturated heterocycles. The minimum atomic E-state index is 0.465. The molecule has 0 aromatic carbocycles. The van der Waals surface area contributed by atoms with E-state index in [1.165, 1.54) is 12.8 Å². The first kappa shape index (κ1) is 13.5. The molecule has 1 aromatic heterocycles. The summed E-state index contributed by atoms with van der Waals surface area (Å²) in [6.07, 6.45) is 2.46. The summed E-state index contributed by atoms with van der Waals surface area (Å²) in [7, 11) is 0. The Morgan fingerprint density at radius 1 is 1.25 bits per heavy atom. The van der Waals surface area contributed by atoms with Crippen LogP contribution in [0.25, 0.3) is 0 Å². The standard InChI is InChI=1S/C11H22N4S/c1-4-9(5-2)8-16-11-14-13-10(7-12)15(11)6-3/h9H,4-8,12H2,1-3H3. The summed E-state index contributed by atoms with van der Waals surface area (Å²) in [6, 6.07) is 0. The van der Waals surface area contributed by atoms with E-state index in [0.29, 0.717) is 6.54 Å². The van der Waals surface area contributed by atoms with Gasteiger partial charge in [-0.15, -0.1) is 10.2 Å². The van der Waals surface area contributed by atoms with Gasteiger partial charge in [0.1, 0.15) is 5.82 Å². The van der Waals surface area contributed by atoms with Gasteiger partial charge in [0.25, 0.3) is 0 Å². The van der Waals surface area contributed by atoms with E-state index in [2.05, 4.69) is 35.5 Å². The highest BCUT2D eigenvalue weighted by Crippen LogP contribution is 2.22. The van der Waals surface area contributed by atoms with Crippen molar-refractivity contribution in [2.75, 3.05) is 5.75 Å². The molecule has 1 aromatic rings. The normalized spacial score (nSPS) is 11.3. The minimum Gasteiger partial charge on any atom is -0.324 e. The summed E-state index contributed by atoms with van der Waals surface area (Å²) < 4.78 is 2.10. The molecule has 5 heteroatoms. The fourth-order valence-corrected chi connectivity index (χ4v) is 2.96. The highest BCUT2D eigenvalue weighted by atomic mass is 32.2. The van der Waals surface area contributed by atoms with Crippen LogP contribution in [0.5, 0.6) is 0 Å². The third kappa shape index (κ3) is 3.22. The minimum absolute atomic E-state index is 0.465. The predicted octanol–water partition coefficient (Wildman–Crippen LogP) is 2.29. The Balaban J connectivity index is 2.62. The Bertz CT molecular complexity index is 307. The van der Waals surface area contributed by atoms with Crippen molar-refractivity contribution in [1.29, 1.82) is 0 Å². The number of hydrogen-bond acceptors (Lipinski definition) is 4. The predicted molar refractivity (Wildman–Crippen MR) is 68.4 cm³/mol. The van der Waals surface area contributed by atoms with Crippen molar-refractivity contribution >= 4 is 11.8 Å². The van der Waals surface area contributed by atoms with Crippen LogP contribution in [0, 0.1) is 5.92 Å². The van der Waals surface area contributed by atoms with E-state index in [1.54, 1.807) is 11.8 Å². The number of hydrogen-bond donors (Lipinski definition) is 1. The molecular weight excluding hydrogens is 220 g/mol. The number of nitrogens with two attached hydrogens (primary N) is 1. The molecule has 1 heterocycles. The molecule has 0 bridgehead atoms. The van der Waals surface area contributed by atoms with E-state index < -0.39 is 0 Å². The molecule has 92 valence electrons. The van der Waals surface area contributed by atoms with E-state index in [0.717, 1.165) is 29.2 Å². The van der Waals surface area contributed by atoms with Gasteiger partial charge in [0.2, 0.25) is 0 Å². The lowest BCUT2D eigenvalue weighted by Gasteiger charge is -2.11. The van der Waals surface area contributed by atoms with Crippen molar-refractivity contribution in [1.82, 2.24) is 14.8 Å². The highest BCUT2D eigenvalue weighted by Gasteiger charge is 2.11. The summed E-state index contributed by atoms with van der Waals surface area (Å²) in [6.45, 7) is 7.94. The van der Waals surface area contributed by atoms with E-state index in [9.17, 15) is 0 Å². The average Bonchev–Trinajstić information content (AvgIpc) is 2.72. The first-order valence-electron chi connectivity index (χ1n) is 6.01. The van der Waals surface area contributed by atoms with E-state index >= 15 is 0 Å². The lowest BCUT2D eigenvalue weighted by atomic mass is 10.1. The maximum absolute atomic E-state index is 5.62. The zero-order chi connectivity index (χ0) is 12.0. The van der Waals surface area contributed by atoms with Gasteiger partial charge in [0, 0.05) is 12.3 Å². The summed E-state index contributed by atoms with van der Waals surface area (Å²) >= 11 is 1.80. The van der Waals surface area contributed by atoms with Crippen molar-refractivity contribution in [3.63, 3.8) is 0 Å². The molecule has 4 nitrogen and oxygen atoms in total. The number of thioether (sulfide) groups is 1. The summed E-state index contributed by atoms with van der Waals surface area (Å²) in [5.41, 5.74) is 5.62. The van der Waals surface area contributed by atoms with Crippen LogP contribution in [0.2, 0.25) is 0 Å². The third-order valence-electron chi connectivity index (χ3n) is 2.90. The topological polar surface area (TPSA) is 56.7 Å². The van der Waals surface area contributed by atoms with Crippen molar-refractivity contribution in [2.45, 2.75) is 51.9 Å². The zero-order valence-corrected chi connectivity index (χ0v) is 11.3. The van der Waals surface area contributed by atoms with Gasteiger partial charge in [-0.2, -0.15) is 0 Å². The zero-order valence-electron chi connectivity index (χ0n) is 10.4. The Morgan fingerprint density at radius 3 is 2.44 bits per heavy atom. The van der Waals surface area contributed by atoms with Gasteiger partial charge >= 0.3 is 0 Å². The van der Waals surface area contributed by atoms with Gasteiger partial charge in [0.05, 0.1) is 6.54 Å². The summed E-state index contributed by atoms with van der Waals surface area (Å²) in [5, 5.41) is 9.31. The van der Waals surface area contributed by atoms with E-state index in [-0.39, 0.29) is 0 Å². The summed E-state index contributed by atoms with van der Waals surface area (Å²) in [5.74, 6) is 2.78. The van der Waals surface area contributed by atoms with Gasteiger partial charge in [0.15, 0.2) is 5.16 Å². The fourth-order valence-electron chi connectivity index (χ4n) is 1.61. The Hall–Kier alpha value is -0.550. The second-order valence-corrected chi connectivity index (χ2v) is 4.83. The molecule has 0 unspecified atom stereocenters. The first-order valence-corrected chi connectivity index (χ1v) is 7.00. The van der Waals surface area contributed by atoms with Crippen molar-refractivity contribution in [3.05, 3.63) is 5.82 Å². The Labute approximate surface area is 102 Å². The Morgan fingerprint density at radius 2 is 1.94 bits per heavy atom. The SMILES string of the molecule is CCC(CC)CSc1nnc(CN)n1CC. The van der Waals surface area contributed by atoms with Gasteiger partial charge < -0.3 is 10.3 Å². The largest absolute Gasteiger partial charge is 0.324 e. The van der Waals surface area contributed by atoms with Gasteiger partial charge in [-0.1, -0.05) is 38.5 Å². The molecular formula is C11H22N4S. The van der Waals surface area contributed by atoms with E-state index in [4.69, 9.17) is 5.73 Å². The van der Waals surface area contributed by atoms with Gasteiger partial charge in [-0.25, -0.2) is 0 Å². The first-order chi connectivity index (χ1) is 7.76. The maximum atomic E-state index is 5.62. The molecule has 0 aliphatic rings. The van der Waals surface area contributed by atoms with Gasteiger partial charge in [-0.05, 0) is 12.8 Å². The van der Waals surface area contributed by atoms with Crippen molar-refractivity contribution in [2.24, 2.45) is 11.7 Å². The molecule has 2 N–H and O–H groups in total. The van der Waals surface area contributed by atoms with Crippen LogP contribution in [0.1, 0.15) is 39.4 Å². The quantitative estimate of drug-likeness (QED) is 0.745. The van der Waals surface area contributed by atoms with Crippen LogP contribution in [0.4, 0.5) is 0 Å². The Kier molecular flexibility index (Phi) is 5.84. The molecule has 0 saturated carbocycles. The molecule has 0 amide bonds. The number of aromatic nitrogens is 3. The van der Waals surface area contributed by atoms with Crippen molar-refractivity contribution in [3.8, 4) is 0 Å². The fraction of sp³-hybridized carbons (Fsp3) is 0.818. The number of nitrogens with zero attached hydrogens (tertiary/aromatic N) is 3. The summed E-state index contributed by atoms with van der Waals surface area (Å²) in [4.78, 5) is 0. The average molecular weight is 242 g/mol. The maximum Gasteiger partial charge on any atom is 0.191 e. The molecule has 0 spiro atoms. The van der Waals surface area contributed by atoms with Crippen LogP contribution in [0.3, 0.4) is 0 Å². The smallest absolute Gasteiger partial charge is 0.191 e. The monoisotopic (exact) mass is 242 g/mol. The molecule has 1 rings (SSSR count). The molecule has 0 atom stereocenters. The molecule has 0 aliphatic carbocycles. The van der Waals surface area contributed by atoms with E-state index in [1.807, 2.05) is 0 Å².